The van der Waals surface area contributed by atoms with Crippen molar-refractivity contribution in [2.24, 2.45) is 0 Å². The summed E-state index contributed by atoms with van der Waals surface area (Å²) < 4.78 is 15.9. The molecule has 9 nitrogen and oxygen atoms in total. The largest absolute Gasteiger partial charge is 0.497 e. The molecule has 0 unspecified atom stereocenters. The molecule has 33 heavy (non-hydrogen) atoms. The van der Waals surface area contributed by atoms with E-state index >= 15 is 0 Å². The van der Waals surface area contributed by atoms with Crippen molar-refractivity contribution >= 4 is 23.3 Å². The zero-order chi connectivity index (χ0) is 23.4. The van der Waals surface area contributed by atoms with Crippen LogP contribution < -0.4 is 24.0 Å². The van der Waals surface area contributed by atoms with Crippen LogP contribution in [-0.4, -0.2) is 88.9 Å². The van der Waals surface area contributed by atoms with Crippen molar-refractivity contribution in [3.63, 3.8) is 0 Å². The first kappa shape index (κ1) is 22.6. The molecule has 9 heteroatoms. The molecular formula is C24H30N4O5. The Kier molecular flexibility index (Phi) is 6.76. The minimum absolute atomic E-state index is 0.0252. The number of carbonyl (C=O) groups is 2. The number of methoxy groups -OCH3 is 3. The second-order valence-electron chi connectivity index (χ2n) is 7.96. The third-order valence-electron chi connectivity index (χ3n) is 6.15. The fourth-order valence-electron chi connectivity index (χ4n) is 4.25. The van der Waals surface area contributed by atoms with Crippen LogP contribution in [-0.2, 0) is 4.79 Å². The van der Waals surface area contributed by atoms with Crippen LogP contribution in [0.3, 0.4) is 0 Å². The minimum Gasteiger partial charge on any atom is -0.497 e. The standard InChI is InChI=1S/C24H30N4O5/c1-31-20-6-4-5-18(15-20)25-9-11-26(12-10-25)23(29)17-27-13-14-28(24(27)30)19-7-8-21(32-2)22(16-19)33-3/h4-8,15-16H,9-14,17H2,1-3H3. The molecule has 0 aromatic heterocycles. The number of piperazine rings is 1. The second kappa shape index (κ2) is 9.89. The summed E-state index contributed by atoms with van der Waals surface area (Å²) in [7, 11) is 4.79. The molecule has 0 N–H and O–H groups in total. The highest BCUT2D eigenvalue weighted by molar-refractivity contribution is 5.96. The van der Waals surface area contributed by atoms with Crippen molar-refractivity contribution in [3.05, 3.63) is 42.5 Å². The van der Waals surface area contributed by atoms with Crippen LogP contribution in [0.2, 0.25) is 0 Å². The van der Waals surface area contributed by atoms with Gasteiger partial charge in [0.2, 0.25) is 5.91 Å². The summed E-state index contributed by atoms with van der Waals surface area (Å²) >= 11 is 0. The molecule has 0 bridgehead atoms. The lowest BCUT2D eigenvalue weighted by Gasteiger charge is -2.36. The minimum atomic E-state index is -0.175. The predicted octanol–water partition coefficient (Wildman–Crippen LogP) is 2.30. The molecule has 2 fully saturated rings. The summed E-state index contributed by atoms with van der Waals surface area (Å²) in [6.45, 7) is 3.83. The summed E-state index contributed by atoms with van der Waals surface area (Å²) in [5, 5.41) is 0. The van der Waals surface area contributed by atoms with Crippen molar-refractivity contribution in [3.8, 4) is 17.2 Å². The number of anilines is 2. The molecule has 3 amide bonds. The van der Waals surface area contributed by atoms with Crippen molar-refractivity contribution in [2.75, 3.05) is 76.9 Å². The molecule has 2 heterocycles. The van der Waals surface area contributed by atoms with Crippen molar-refractivity contribution in [1.29, 1.82) is 0 Å². The van der Waals surface area contributed by atoms with Crippen LogP contribution in [0.1, 0.15) is 0 Å². The number of hydrogen-bond donors (Lipinski definition) is 0. The van der Waals surface area contributed by atoms with E-state index in [-0.39, 0.29) is 18.5 Å². The SMILES string of the molecule is COc1cccc(N2CCN(C(=O)CN3CCN(c4ccc(OC)c(OC)c4)C3=O)CC2)c1. The molecule has 176 valence electrons. The van der Waals surface area contributed by atoms with E-state index in [1.807, 2.05) is 35.2 Å². The first-order valence-electron chi connectivity index (χ1n) is 11.0. The molecule has 2 aliphatic rings. The lowest BCUT2D eigenvalue weighted by Crippen LogP contribution is -2.51. The van der Waals surface area contributed by atoms with Crippen LogP contribution in [0.15, 0.2) is 42.5 Å². The van der Waals surface area contributed by atoms with Gasteiger partial charge in [0.15, 0.2) is 11.5 Å². The van der Waals surface area contributed by atoms with Gasteiger partial charge in [-0.25, -0.2) is 4.79 Å². The Morgan fingerprint density at radius 2 is 1.58 bits per heavy atom. The Morgan fingerprint density at radius 3 is 2.27 bits per heavy atom. The van der Waals surface area contributed by atoms with Gasteiger partial charge in [-0.05, 0) is 24.3 Å². The zero-order valence-corrected chi connectivity index (χ0v) is 19.3. The number of amides is 3. The number of nitrogens with zero attached hydrogens (tertiary/aromatic N) is 4. The summed E-state index contributed by atoms with van der Waals surface area (Å²) in [5.41, 5.74) is 1.81. The lowest BCUT2D eigenvalue weighted by molar-refractivity contribution is -0.131. The van der Waals surface area contributed by atoms with E-state index in [9.17, 15) is 9.59 Å². The van der Waals surface area contributed by atoms with Crippen molar-refractivity contribution in [2.45, 2.75) is 0 Å². The predicted molar refractivity (Wildman–Crippen MR) is 126 cm³/mol. The quantitative estimate of drug-likeness (QED) is 0.639. The molecule has 4 rings (SSSR count). The molecule has 2 saturated heterocycles. The maximum absolute atomic E-state index is 13.0. The molecule has 0 spiro atoms. The van der Waals surface area contributed by atoms with E-state index in [2.05, 4.69) is 4.90 Å². The lowest BCUT2D eigenvalue weighted by atomic mass is 10.2. The molecular weight excluding hydrogens is 424 g/mol. The van der Waals surface area contributed by atoms with E-state index in [0.29, 0.717) is 37.7 Å². The highest BCUT2D eigenvalue weighted by Crippen LogP contribution is 2.32. The Labute approximate surface area is 194 Å². The van der Waals surface area contributed by atoms with Crippen LogP contribution in [0.25, 0.3) is 0 Å². The number of rotatable bonds is 7. The molecule has 0 radical (unpaired) electrons. The van der Waals surface area contributed by atoms with Gasteiger partial charge in [0.1, 0.15) is 12.3 Å². The van der Waals surface area contributed by atoms with Crippen molar-refractivity contribution in [1.82, 2.24) is 9.80 Å². The van der Waals surface area contributed by atoms with Gasteiger partial charge in [0.05, 0.1) is 21.3 Å². The average Bonchev–Trinajstić information content (AvgIpc) is 3.23. The second-order valence-corrected chi connectivity index (χ2v) is 7.96. The van der Waals surface area contributed by atoms with Crippen LogP contribution in [0.5, 0.6) is 17.2 Å². The number of carbonyl (C=O) groups excluding carboxylic acids is 2. The van der Waals surface area contributed by atoms with E-state index in [1.54, 1.807) is 43.3 Å². The monoisotopic (exact) mass is 454 g/mol. The number of ether oxygens (including phenoxy) is 3. The van der Waals surface area contributed by atoms with E-state index in [1.165, 1.54) is 0 Å². The normalized spacial score (nSPS) is 16.3. The Balaban J connectivity index is 1.33. The van der Waals surface area contributed by atoms with Gasteiger partial charge in [-0.2, -0.15) is 0 Å². The fourth-order valence-corrected chi connectivity index (χ4v) is 4.25. The first-order valence-corrected chi connectivity index (χ1v) is 11.0. The van der Waals surface area contributed by atoms with Crippen LogP contribution >= 0.6 is 0 Å². The molecule has 0 aliphatic carbocycles. The van der Waals surface area contributed by atoms with Crippen LogP contribution in [0.4, 0.5) is 16.2 Å². The van der Waals surface area contributed by atoms with Crippen molar-refractivity contribution < 1.29 is 23.8 Å². The summed E-state index contributed by atoms with van der Waals surface area (Å²) in [4.78, 5) is 33.2. The molecule has 2 aliphatic heterocycles. The Hall–Kier alpha value is -3.62. The average molecular weight is 455 g/mol. The van der Waals surface area contributed by atoms with Gasteiger partial charge < -0.3 is 28.9 Å². The highest BCUT2D eigenvalue weighted by atomic mass is 16.5. The summed E-state index contributed by atoms with van der Waals surface area (Å²) in [5.74, 6) is 1.96. The van der Waals surface area contributed by atoms with Gasteiger partial charge in [0, 0.05) is 62.8 Å². The maximum atomic E-state index is 13.0. The summed E-state index contributed by atoms with van der Waals surface area (Å²) in [6.07, 6.45) is 0. The topological polar surface area (TPSA) is 74.8 Å². The smallest absolute Gasteiger partial charge is 0.325 e. The van der Waals surface area contributed by atoms with E-state index < -0.39 is 0 Å². The van der Waals surface area contributed by atoms with Gasteiger partial charge in [-0.15, -0.1) is 0 Å². The fraction of sp³-hybridized carbons (Fsp3) is 0.417. The molecule has 0 atom stereocenters. The first-order chi connectivity index (χ1) is 16.0. The third-order valence-corrected chi connectivity index (χ3v) is 6.15. The molecule has 0 saturated carbocycles. The summed E-state index contributed by atoms with van der Waals surface area (Å²) in [6, 6.07) is 13.1. The Bertz CT molecular complexity index is 1010. The van der Waals surface area contributed by atoms with Crippen LogP contribution in [0, 0.1) is 0 Å². The number of urea groups is 1. The highest BCUT2D eigenvalue weighted by Gasteiger charge is 2.33. The molecule has 2 aromatic rings. The van der Waals surface area contributed by atoms with E-state index in [4.69, 9.17) is 14.2 Å². The zero-order valence-electron chi connectivity index (χ0n) is 19.3. The van der Waals surface area contributed by atoms with Gasteiger partial charge in [0.25, 0.3) is 0 Å². The molecule has 2 aromatic carbocycles. The number of hydrogen-bond acceptors (Lipinski definition) is 6. The third kappa shape index (κ3) is 4.76. The Morgan fingerprint density at radius 1 is 0.818 bits per heavy atom. The van der Waals surface area contributed by atoms with Gasteiger partial charge >= 0.3 is 6.03 Å². The van der Waals surface area contributed by atoms with Gasteiger partial charge in [-0.3, -0.25) is 9.69 Å². The number of benzene rings is 2. The maximum Gasteiger partial charge on any atom is 0.325 e. The van der Waals surface area contributed by atoms with Gasteiger partial charge in [-0.1, -0.05) is 6.07 Å². The van der Waals surface area contributed by atoms with E-state index in [0.717, 1.165) is 30.2 Å².